The number of para-hydroxylation sites is 1. The minimum absolute atomic E-state index is 0.0578. The van der Waals surface area contributed by atoms with Gasteiger partial charge >= 0.3 is 0 Å². The van der Waals surface area contributed by atoms with E-state index in [-0.39, 0.29) is 11.2 Å². The van der Waals surface area contributed by atoms with Crippen LogP contribution in [0, 0.1) is 13.8 Å². The van der Waals surface area contributed by atoms with Crippen molar-refractivity contribution in [3.05, 3.63) is 59.7 Å². The van der Waals surface area contributed by atoms with E-state index in [4.69, 9.17) is 4.74 Å². The van der Waals surface area contributed by atoms with Gasteiger partial charge in [-0.2, -0.15) is 0 Å². The normalized spacial score (nSPS) is 12.3. The van der Waals surface area contributed by atoms with Crippen molar-refractivity contribution >= 4 is 39.9 Å². The third kappa shape index (κ3) is 3.73. The van der Waals surface area contributed by atoms with Crippen molar-refractivity contribution in [2.45, 2.75) is 37.6 Å². The van der Waals surface area contributed by atoms with E-state index >= 15 is 0 Å². The van der Waals surface area contributed by atoms with Gasteiger partial charge in [0.25, 0.3) is 0 Å². The molecule has 1 atom stereocenters. The minimum atomic E-state index is -0.292. The summed E-state index contributed by atoms with van der Waals surface area (Å²) in [5.74, 6) is 0.694. The lowest BCUT2D eigenvalue weighted by Gasteiger charge is -2.15. The molecule has 1 N–H and O–H groups in total. The zero-order valence-corrected chi connectivity index (χ0v) is 18.3. The maximum Gasteiger partial charge on any atom is 0.237 e. The fourth-order valence-electron chi connectivity index (χ4n) is 3.55. The lowest BCUT2D eigenvalue weighted by atomic mass is 10.1. The van der Waals surface area contributed by atoms with Gasteiger partial charge in [-0.05, 0) is 61.7 Å². The number of anilines is 1. The molecule has 2 aromatic carbocycles. The summed E-state index contributed by atoms with van der Waals surface area (Å²) in [5.41, 5.74) is 4.93. The third-order valence-electron chi connectivity index (χ3n) is 5.16. The smallest absolute Gasteiger partial charge is 0.237 e. The summed E-state index contributed by atoms with van der Waals surface area (Å²) in [4.78, 5) is 12.9. The van der Waals surface area contributed by atoms with E-state index in [1.807, 2.05) is 37.3 Å². The number of hydrogen-bond acceptors (Lipinski definition) is 5. The van der Waals surface area contributed by atoms with Crippen molar-refractivity contribution in [1.29, 1.82) is 0 Å². The monoisotopic (exact) mass is 420 g/mol. The number of rotatable bonds is 6. The Hall–Kier alpha value is -3.06. The van der Waals surface area contributed by atoms with Gasteiger partial charge in [0.05, 0.1) is 17.9 Å². The van der Waals surface area contributed by atoms with Crippen LogP contribution in [0.15, 0.2) is 53.7 Å². The third-order valence-corrected chi connectivity index (χ3v) is 6.47. The van der Waals surface area contributed by atoms with Gasteiger partial charge in [-0.15, -0.1) is 10.2 Å². The van der Waals surface area contributed by atoms with Crippen LogP contribution in [0.1, 0.15) is 24.5 Å². The predicted molar refractivity (Wildman–Crippen MR) is 122 cm³/mol. The highest BCUT2D eigenvalue weighted by molar-refractivity contribution is 8.00. The van der Waals surface area contributed by atoms with Crippen molar-refractivity contribution in [3.8, 4) is 5.75 Å². The van der Waals surface area contributed by atoms with Gasteiger partial charge in [-0.1, -0.05) is 36.9 Å². The van der Waals surface area contributed by atoms with Crippen LogP contribution >= 0.6 is 11.8 Å². The number of thioether (sulfide) groups is 1. The van der Waals surface area contributed by atoms with E-state index in [0.29, 0.717) is 6.42 Å². The molecule has 0 fully saturated rings. The number of aryl methyl sites for hydroxylation is 2. The molecule has 2 aromatic heterocycles. The van der Waals surface area contributed by atoms with Gasteiger partial charge in [0.1, 0.15) is 5.75 Å². The van der Waals surface area contributed by atoms with Crippen LogP contribution in [-0.4, -0.2) is 32.9 Å². The van der Waals surface area contributed by atoms with Gasteiger partial charge < -0.3 is 10.1 Å². The van der Waals surface area contributed by atoms with Crippen molar-refractivity contribution in [2.24, 2.45) is 0 Å². The molecule has 0 saturated carbocycles. The highest BCUT2D eigenvalue weighted by Crippen LogP contribution is 2.31. The number of aromatic nitrogens is 3. The molecule has 2 heterocycles. The Morgan fingerprint density at radius 1 is 1.13 bits per heavy atom. The van der Waals surface area contributed by atoms with Crippen LogP contribution in [0.2, 0.25) is 0 Å². The highest BCUT2D eigenvalue weighted by atomic mass is 32.2. The fraction of sp³-hybridized carbons (Fsp3) is 0.261. The standard InChI is InChI=1S/C23H24N4O2S/c1-5-19(22(28)24-16-9-11-17(29-4)12-10-16)30-23-26-25-20-13-15(3)18-8-6-7-14(2)21(18)27(20)23/h6-13,19H,5H2,1-4H3,(H,24,28). The zero-order chi connectivity index (χ0) is 21.3. The average molecular weight is 421 g/mol. The summed E-state index contributed by atoms with van der Waals surface area (Å²) in [7, 11) is 1.62. The van der Waals surface area contributed by atoms with Crippen molar-refractivity contribution < 1.29 is 9.53 Å². The first-order valence-corrected chi connectivity index (χ1v) is 10.8. The molecular weight excluding hydrogens is 396 g/mol. The van der Waals surface area contributed by atoms with E-state index in [1.165, 1.54) is 17.1 Å². The van der Waals surface area contributed by atoms with Crippen LogP contribution < -0.4 is 10.1 Å². The summed E-state index contributed by atoms with van der Waals surface area (Å²) in [6.07, 6.45) is 0.671. The molecule has 1 amide bonds. The summed E-state index contributed by atoms with van der Waals surface area (Å²) >= 11 is 1.44. The molecule has 0 aliphatic heterocycles. The summed E-state index contributed by atoms with van der Waals surface area (Å²) in [6.45, 7) is 6.17. The number of nitrogens with one attached hydrogen (secondary N) is 1. The molecule has 4 rings (SSSR count). The second-order valence-electron chi connectivity index (χ2n) is 7.21. The Labute approximate surface area is 179 Å². The Bertz CT molecular complexity index is 1220. The number of methoxy groups -OCH3 is 1. The van der Waals surface area contributed by atoms with Gasteiger partial charge in [0.15, 0.2) is 10.8 Å². The lowest BCUT2D eigenvalue weighted by molar-refractivity contribution is -0.115. The molecular formula is C23H24N4O2S. The maximum absolute atomic E-state index is 12.9. The molecule has 0 spiro atoms. The number of nitrogens with zero attached hydrogens (tertiary/aromatic N) is 3. The second kappa shape index (κ2) is 8.36. The van der Waals surface area contributed by atoms with E-state index in [2.05, 4.69) is 52.0 Å². The Balaban J connectivity index is 1.65. The number of pyridine rings is 1. The molecule has 7 heteroatoms. The first-order valence-electron chi connectivity index (χ1n) is 9.87. The van der Waals surface area contributed by atoms with Gasteiger partial charge in [0, 0.05) is 11.1 Å². The number of carbonyl (C=O) groups excluding carboxylic acids is 1. The topological polar surface area (TPSA) is 68.5 Å². The van der Waals surface area contributed by atoms with Gasteiger partial charge in [0.2, 0.25) is 5.91 Å². The fourth-order valence-corrected chi connectivity index (χ4v) is 4.52. The maximum atomic E-state index is 12.9. The average Bonchev–Trinajstić information content (AvgIpc) is 3.14. The molecule has 6 nitrogen and oxygen atoms in total. The molecule has 30 heavy (non-hydrogen) atoms. The van der Waals surface area contributed by atoms with Crippen LogP contribution in [0.4, 0.5) is 5.69 Å². The molecule has 4 aromatic rings. The van der Waals surface area contributed by atoms with Crippen LogP contribution in [-0.2, 0) is 4.79 Å². The zero-order valence-electron chi connectivity index (χ0n) is 17.5. The number of carbonyl (C=O) groups is 1. The Morgan fingerprint density at radius 2 is 1.90 bits per heavy atom. The number of amides is 1. The van der Waals surface area contributed by atoms with Crippen molar-refractivity contribution in [2.75, 3.05) is 12.4 Å². The first-order chi connectivity index (χ1) is 14.5. The van der Waals surface area contributed by atoms with Crippen LogP contribution in [0.25, 0.3) is 16.6 Å². The second-order valence-corrected chi connectivity index (χ2v) is 8.38. The molecule has 0 radical (unpaired) electrons. The van der Waals surface area contributed by atoms with Crippen molar-refractivity contribution in [1.82, 2.24) is 14.6 Å². The Morgan fingerprint density at radius 3 is 2.60 bits per heavy atom. The molecule has 0 saturated heterocycles. The van der Waals surface area contributed by atoms with Crippen molar-refractivity contribution in [3.63, 3.8) is 0 Å². The minimum Gasteiger partial charge on any atom is -0.497 e. The Kier molecular flexibility index (Phi) is 5.63. The summed E-state index contributed by atoms with van der Waals surface area (Å²) in [5, 5.41) is 13.4. The number of fused-ring (bicyclic) bond motifs is 3. The molecule has 154 valence electrons. The quantitative estimate of drug-likeness (QED) is 0.444. The molecule has 0 bridgehead atoms. The summed E-state index contributed by atoms with van der Waals surface area (Å²) in [6, 6.07) is 15.6. The summed E-state index contributed by atoms with van der Waals surface area (Å²) < 4.78 is 7.23. The molecule has 0 aliphatic rings. The largest absolute Gasteiger partial charge is 0.497 e. The van der Waals surface area contributed by atoms with Crippen LogP contribution in [0.5, 0.6) is 5.75 Å². The van der Waals surface area contributed by atoms with E-state index in [1.54, 1.807) is 7.11 Å². The SMILES string of the molecule is CCC(Sc1nnc2cc(C)c3cccc(C)c3n12)C(=O)Nc1ccc(OC)cc1. The molecule has 1 unspecified atom stereocenters. The predicted octanol–water partition coefficient (Wildman–Crippen LogP) is 5.02. The first kappa shape index (κ1) is 20.2. The lowest BCUT2D eigenvalue weighted by Crippen LogP contribution is -2.24. The van der Waals surface area contributed by atoms with Gasteiger partial charge in [-0.25, -0.2) is 0 Å². The highest BCUT2D eigenvalue weighted by Gasteiger charge is 2.22. The number of hydrogen-bond donors (Lipinski definition) is 1. The van der Waals surface area contributed by atoms with Crippen LogP contribution in [0.3, 0.4) is 0 Å². The van der Waals surface area contributed by atoms with E-state index < -0.39 is 0 Å². The molecule has 0 aliphatic carbocycles. The number of ether oxygens (including phenoxy) is 1. The van der Waals surface area contributed by atoms with Gasteiger partial charge in [-0.3, -0.25) is 9.20 Å². The van der Waals surface area contributed by atoms with E-state index in [9.17, 15) is 4.79 Å². The number of benzene rings is 2. The van der Waals surface area contributed by atoms with E-state index in [0.717, 1.165) is 38.9 Å².